The zero-order valence-corrected chi connectivity index (χ0v) is 13.6. The number of benzene rings is 2. The molecule has 0 fully saturated rings. The molecule has 0 aliphatic heterocycles. The van der Waals surface area contributed by atoms with Crippen LogP contribution in [0, 0.1) is 0 Å². The molecular weight excluding hydrogens is 346 g/mol. The molecule has 25 heavy (non-hydrogen) atoms. The lowest BCUT2D eigenvalue weighted by Gasteiger charge is -2.02. The second kappa shape index (κ2) is 7.14. The number of amides is 1. The van der Waals surface area contributed by atoms with E-state index in [4.69, 9.17) is 26.5 Å². The zero-order chi connectivity index (χ0) is 17.8. The molecule has 0 unspecified atom stereocenters. The second-order valence-corrected chi connectivity index (χ2v) is 5.46. The molecular formula is C17H12ClN3O4. The van der Waals surface area contributed by atoms with Crippen molar-refractivity contribution in [2.75, 3.05) is 0 Å². The van der Waals surface area contributed by atoms with E-state index in [1.807, 2.05) is 0 Å². The van der Waals surface area contributed by atoms with Crippen LogP contribution >= 0.6 is 11.6 Å². The van der Waals surface area contributed by atoms with Gasteiger partial charge in [-0.2, -0.15) is 0 Å². The predicted molar refractivity (Wildman–Crippen MR) is 88.8 cm³/mol. The van der Waals surface area contributed by atoms with Gasteiger partial charge in [0.15, 0.2) is 6.61 Å². The van der Waals surface area contributed by atoms with E-state index in [9.17, 15) is 9.59 Å². The van der Waals surface area contributed by atoms with Gasteiger partial charge >= 0.3 is 5.97 Å². The van der Waals surface area contributed by atoms with Crippen LogP contribution in [-0.2, 0) is 11.3 Å². The third-order valence-electron chi connectivity index (χ3n) is 3.29. The first-order valence-electron chi connectivity index (χ1n) is 7.18. The van der Waals surface area contributed by atoms with Gasteiger partial charge < -0.3 is 14.9 Å². The number of hydrogen-bond donors (Lipinski definition) is 1. The van der Waals surface area contributed by atoms with Crippen molar-refractivity contribution in [1.82, 2.24) is 10.2 Å². The summed E-state index contributed by atoms with van der Waals surface area (Å²) >= 11 is 5.82. The molecule has 0 aliphatic rings. The van der Waals surface area contributed by atoms with Crippen LogP contribution in [0.3, 0.4) is 0 Å². The van der Waals surface area contributed by atoms with Crippen molar-refractivity contribution in [2.24, 2.45) is 5.73 Å². The minimum atomic E-state index is -0.581. The number of nitrogens with two attached hydrogens (primary N) is 1. The summed E-state index contributed by atoms with van der Waals surface area (Å²) < 4.78 is 10.6. The van der Waals surface area contributed by atoms with Gasteiger partial charge in [-0.15, -0.1) is 10.2 Å². The fourth-order valence-electron chi connectivity index (χ4n) is 2.00. The van der Waals surface area contributed by atoms with E-state index in [2.05, 4.69) is 10.2 Å². The summed E-state index contributed by atoms with van der Waals surface area (Å²) in [5.41, 5.74) is 6.43. The molecule has 0 saturated heterocycles. The predicted octanol–water partition coefficient (Wildman–Crippen LogP) is 2.85. The molecule has 2 aromatic carbocycles. The number of carbonyl (C=O) groups excluding carboxylic acids is 2. The number of esters is 1. The number of primary amides is 1. The maximum Gasteiger partial charge on any atom is 0.338 e. The van der Waals surface area contributed by atoms with Crippen LogP contribution in [-0.4, -0.2) is 22.1 Å². The summed E-state index contributed by atoms with van der Waals surface area (Å²) in [4.78, 5) is 23.0. The molecule has 0 saturated carbocycles. The second-order valence-electron chi connectivity index (χ2n) is 5.03. The van der Waals surface area contributed by atoms with Gasteiger partial charge in [0, 0.05) is 16.1 Å². The third-order valence-corrected chi connectivity index (χ3v) is 3.54. The highest BCUT2D eigenvalue weighted by atomic mass is 35.5. The van der Waals surface area contributed by atoms with E-state index in [0.717, 1.165) is 0 Å². The van der Waals surface area contributed by atoms with Crippen LogP contribution in [0.1, 0.15) is 26.6 Å². The van der Waals surface area contributed by atoms with Gasteiger partial charge in [0.2, 0.25) is 11.8 Å². The molecule has 3 aromatic rings. The van der Waals surface area contributed by atoms with E-state index in [1.54, 1.807) is 24.3 Å². The largest absolute Gasteiger partial charge is 0.452 e. The summed E-state index contributed by atoms with van der Waals surface area (Å²) in [5, 5.41) is 8.32. The highest BCUT2D eigenvalue weighted by Gasteiger charge is 2.13. The highest BCUT2D eigenvalue weighted by molar-refractivity contribution is 6.30. The number of ether oxygens (including phenoxy) is 1. The Balaban J connectivity index is 1.62. The van der Waals surface area contributed by atoms with Crippen molar-refractivity contribution < 1.29 is 18.7 Å². The SMILES string of the molecule is NC(=O)c1ccc(C(=O)OCc2nnc(-c3ccc(Cl)cc3)o2)cc1. The molecule has 0 atom stereocenters. The Hall–Kier alpha value is -3.19. The minimum absolute atomic E-state index is 0.159. The first-order valence-corrected chi connectivity index (χ1v) is 7.56. The monoisotopic (exact) mass is 357 g/mol. The lowest BCUT2D eigenvalue weighted by Crippen LogP contribution is -2.11. The van der Waals surface area contributed by atoms with Gasteiger partial charge in [-0.1, -0.05) is 11.6 Å². The Morgan fingerprint density at radius 1 is 1.00 bits per heavy atom. The lowest BCUT2D eigenvalue weighted by molar-refractivity contribution is 0.0438. The Morgan fingerprint density at radius 2 is 1.64 bits per heavy atom. The van der Waals surface area contributed by atoms with Crippen molar-refractivity contribution >= 4 is 23.5 Å². The number of halogens is 1. The van der Waals surface area contributed by atoms with Crippen LogP contribution < -0.4 is 5.73 Å². The van der Waals surface area contributed by atoms with E-state index >= 15 is 0 Å². The van der Waals surface area contributed by atoms with Crippen molar-refractivity contribution in [1.29, 1.82) is 0 Å². The molecule has 3 rings (SSSR count). The molecule has 1 heterocycles. The van der Waals surface area contributed by atoms with E-state index in [1.165, 1.54) is 24.3 Å². The molecule has 0 spiro atoms. The maximum atomic E-state index is 12.0. The summed E-state index contributed by atoms with van der Waals surface area (Å²) in [6, 6.07) is 12.7. The lowest BCUT2D eigenvalue weighted by atomic mass is 10.1. The quantitative estimate of drug-likeness (QED) is 0.703. The Labute approximate surface area is 147 Å². The van der Waals surface area contributed by atoms with Crippen LogP contribution in [0.2, 0.25) is 5.02 Å². The van der Waals surface area contributed by atoms with Crippen LogP contribution in [0.4, 0.5) is 0 Å². The van der Waals surface area contributed by atoms with Crippen molar-refractivity contribution in [2.45, 2.75) is 6.61 Å². The first-order chi connectivity index (χ1) is 12.0. The van der Waals surface area contributed by atoms with Crippen molar-refractivity contribution in [3.05, 3.63) is 70.6 Å². The van der Waals surface area contributed by atoms with Gasteiger partial charge in [0.05, 0.1) is 5.56 Å². The zero-order valence-electron chi connectivity index (χ0n) is 12.8. The average Bonchev–Trinajstić information content (AvgIpc) is 3.09. The highest BCUT2D eigenvalue weighted by Crippen LogP contribution is 2.20. The normalized spacial score (nSPS) is 10.4. The summed E-state index contributed by atoms with van der Waals surface area (Å²) in [6.07, 6.45) is 0. The third kappa shape index (κ3) is 4.02. The van der Waals surface area contributed by atoms with Gasteiger partial charge in [0.1, 0.15) is 0 Å². The number of nitrogens with zero attached hydrogens (tertiary/aromatic N) is 2. The summed E-state index contributed by atoms with van der Waals surface area (Å²) in [5.74, 6) is -0.691. The Kier molecular flexibility index (Phi) is 4.76. The van der Waals surface area contributed by atoms with Crippen LogP contribution in [0.15, 0.2) is 52.9 Å². The van der Waals surface area contributed by atoms with Crippen LogP contribution in [0.25, 0.3) is 11.5 Å². The molecule has 1 amide bonds. The Morgan fingerprint density at radius 3 is 2.28 bits per heavy atom. The molecule has 0 bridgehead atoms. The Bertz CT molecular complexity index is 904. The molecule has 0 radical (unpaired) electrons. The van der Waals surface area contributed by atoms with Gasteiger partial charge in [-0.25, -0.2) is 4.79 Å². The molecule has 0 aliphatic carbocycles. The van der Waals surface area contributed by atoms with Gasteiger partial charge in [-0.05, 0) is 48.5 Å². The number of aromatic nitrogens is 2. The molecule has 8 heteroatoms. The van der Waals surface area contributed by atoms with E-state index in [0.29, 0.717) is 22.0 Å². The summed E-state index contributed by atoms with van der Waals surface area (Å²) in [6.45, 7) is -0.170. The topological polar surface area (TPSA) is 108 Å². The van der Waals surface area contributed by atoms with Crippen LogP contribution in [0.5, 0.6) is 0 Å². The standard InChI is InChI=1S/C17H12ClN3O4/c18-13-7-5-11(6-8-13)16-21-20-14(25-16)9-24-17(23)12-3-1-10(2-4-12)15(19)22/h1-8H,9H2,(H2,19,22). The number of rotatable bonds is 5. The van der Waals surface area contributed by atoms with Crippen molar-refractivity contribution in [3.63, 3.8) is 0 Å². The fraction of sp³-hybridized carbons (Fsp3) is 0.0588. The van der Waals surface area contributed by atoms with E-state index in [-0.39, 0.29) is 18.1 Å². The molecule has 7 nitrogen and oxygen atoms in total. The maximum absolute atomic E-state index is 12.0. The van der Waals surface area contributed by atoms with Gasteiger partial charge in [0.25, 0.3) is 5.89 Å². The minimum Gasteiger partial charge on any atom is -0.452 e. The average molecular weight is 358 g/mol. The molecule has 1 aromatic heterocycles. The van der Waals surface area contributed by atoms with Gasteiger partial charge in [-0.3, -0.25) is 4.79 Å². The van der Waals surface area contributed by atoms with E-state index < -0.39 is 11.9 Å². The molecule has 2 N–H and O–H groups in total. The summed E-state index contributed by atoms with van der Waals surface area (Å²) in [7, 11) is 0. The number of hydrogen-bond acceptors (Lipinski definition) is 6. The smallest absolute Gasteiger partial charge is 0.338 e. The molecule has 126 valence electrons. The fourth-order valence-corrected chi connectivity index (χ4v) is 2.13. The van der Waals surface area contributed by atoms with Crippen molar-refractivity contribution in [3.8, 4) is 11.5 Å². The number of carbonyl (C=O) groups is 2. The first kappa shape index (κ1) is 16.7.